The molecule has 1 heterocycles. The number of nitrogens with one attached hydrogen (secondary N) is 2. The first-order chi connectivity index (χ1) is 11.2. The van der Waals surface area contributed by atoms with Gasteiger partial charge in [-0.1, -0.05) is 18.2 Å². The van der Waals surface area contributed by atoms with Gasteiger partial charge in [-0.2, -0.15) is 0 Å². The van der Waals surface area contributed by atoms with Gasteiger partial charge in [-0.25, -0.2) is 8.42 Å². The van der Waals surface area contributed by atoms with Crippen LogP contribution in [0.2, 0.25) is 0 Å². The molecule has 6 nitrogen and oxygen atoms in total. The standard InChI is InChI=1S/C16H21N3O3S2.ClH/c1-16(2,17)11-18-14(20)10-12-5-7-13(8-6-12)19-24(21,22)15-4-3-9-23-15;/h3-9,19H,10-11,17H2,1-2H3,(H,18,20);1H. The molecular weight excluding hydrogens is 382 g/mol. The van der Waals surface area contributed by atoms with Gasteiger partial charge in [0.2, 0.25) is 5.91 Å². The second-order valence-corrected chi connectivity index (χ2v) is 9.03. The van der Waals surface area contributed by atoms with E-state index in [9.17, 15) is 13.2 Å². The number of carbonyl (C=O) groups is 1. The Morgan fingerprint density at radius 1 is 1.20 bits per heavy atom. The number of rotatable bonds is 7. The topological polar surface area (TPSA) is 101 Å². The predicted octanol–water partition coefficient (Wildman–Crippen LogP) is 2.37. The number of anilines is 1. The lowest BCUT2D eigenvalue weighted by molar-refractivity contribution is -0.120. The molecule has 0 saturated carbocycles. The summed E-state index contributed by atoms with van der Waals surface area (Å²) in [5.41, 5.74) is 6.61. The van der Waals surface area contributed by atoms with E-state index in [0.717, 1.165) is 16.9 Å². The molecule has 0 radical (unpaired) electrons. The highest BCUT2D eigenvalue weighted by atomic mass is 35.5. The largest absolute Gasteiger partial charge is 0.354 e. The van der Waals surface area contributed by atoms with Crippen LogP contribution in [-0.2, 0) is 21.2 Å². The maximum atomic E-state index is 12.1. The fraction of sp³-hybridized carbons (Fsp3) is 0.312. The van der Waals surface area contributed by atoms with Gasteiger partial charge in [-0.3, -0.25) is 9.52 Å². The van der Waals surface area contributed by atoms with E-state index in [1.165, 1.54) is 0 Å². The van der Waals surface area contributed by atoms with Gasteiger partial charge in [-0.05, 0) is 43.0 Å². The Hall–Kier alpha value is -1.61. The molecule has 2 aromatic rings. The van der Waals surface area contributed by atoms with E-state index >= 15 is 0 Å². The number of sulfonamides is 1. The zero-order chi connectivity index (χ0) is 17.8. The van der Waals surface area contributed by atoms with Crippen molar-refractivity contribution in [1.82, 2.24) is 5.32 Å². The van der Waals surface area contributed by atoms with E-state index in [4.69, 9.17) is 5.73 Å². The number of nitrogens with two attached hydrogens (primary N) is 1. The first-order valence-electron chi connectivity index (χ1n) is 7.37. The summed E-state index contributed by atoms with van der Waals surface area (Å²) < 4.78 is 27.0. The predicted molar refractivity (Wildman–Crippen MR) is 104 cm³/mol. The Morgan fingerprint density at radius 3 is 2.36 bits per heavy atom. The number of hydrogen-bond donors (Lipinski definition) is 3. The summed E-state index contributed by atoms with van der Waals surface area (Å²) in [6.45, 7) is 4.06. The number of hydrogen-bond acceptors (Lipinski definition) is 5. The number of carbonyl (C=O) groups excluding carboxylic acids is 1. The van der Waals surface area contributed by atoms with Gasteiger partial charge in [-0.15, -0.1) is 23.7 Å². The van der Waals surface area contributed by atoms with E-state index in [1.807, 2.05) is 13.8 Å². The van der Waals surface area contributed by atoms with Gasteiger partial charge >= 0.3 is 0 Å². The zero-order valence-corrected chi connectivity index (χ0v) is 16.4. The van der Waals surface area contributed by atoms with Crippen LogP contribution in [0.5, 0.6) is 0 Å². The van der Waals surface area contributed by atoms with Gasteiger partial charge < -0.3 is 11.1 Å². The molecule has 1 aromatic heterocycles. The molecular formula is C16H22ClN3O3S2. The molecule has 0 fully saturated rings. The molecule has 0 saturated heterocycles. The highest BCUT2D eigenvalue weighted by Gasteiger charge is 2.15. The van der Waals surface area contributed by atoms with Crippen LogP contribution in [0.4, 0.5) is 5.69 Å². The quantitative estimate of drug-likeness (QED) is 0.660. The second kappa shape index (κ2) is 8.66. The van der Waals surface area contributed by atoms with Crippen molar-refractivity contribution in [3.05, 3.63) is 47.3 Å². The molecule has 0 unspecified atom stereocenters. The molecule has 0 atom stereocenters. The van der Waals surface area contributed by atoms with E-state index in [0.29, 0.717) is 12.2 Å². The van der Waals surface area contributed by atoms with Gasteiger partial charge in [0, 0.05) is 17.8 Å². The molecule has 25 heavy (non-hydrogen) atoms. The Balaban J connectivity index is 0.00000312. The summed E-state index contributed by atoms with van der Waals surface area (Å²) in [4.78, 5) is 11.9. The summed E-state index contributed by atoms with van der Waals surface area (Å²) in [6.07, 6.45) is 0.216. The highest BCUT2D eigenvalue weighted by Crippen LogP contribution is 2.20. The molecule has 0 aliphatic heterocycles. The van der Waals surface area contributed by atoms with Crippen LogP contribution >= 0.6 is 23.7 Å². The van der Waals surface area contributed by atoms with Crippen molar-refractivity contribution in [2.24, 2.45) is 5.73 Å². The Kier molecular flexibility index (Phi) is 7.43. The maximum absolute atomic E-state index is 12.1. The minimum atomic E-state index is -3.56. The molecule has 138 valence electrons. The van der Waals surface area contributed by atoms with Crippen molar-refractivity contribution < 1.29 is 13.2 Å². The SMILES string of the molecule is CC(C)(N)CNC(=O)Cc1ccc(NS(=O)(=O)c2cccs2)cc1.Cl. The smallest absolute Gasteiger partial charge is 0.271 e. The lowest BCUT2D eigenvalue weighted by Gasteiger charge is -2.18. The van der Waals surface area contributed by atoms with E-state index in [2.05, 4.69) is 10.0 Å². The molecule has 4 N–H and O–H groups in total. The zero-order valence-electron chi connectivity index (χ0n) is 14.0. The number of halogens is 1. The number of benzene rings is 1. The summed E-state index contributed by atoms with van der Waals surface area (Å²) in [5, 5.41) is 4.48. The molecule has 9 heteroatoms. The van der Waals surface area contributed by atoms with Crippen molar-refractivity contribution in [1.29, 1.82) is 0 Å². The van der Waals surface area contributed by atoms with Crippen molar-refractivity contribution in [2.45, 2.75) is 30.0 Å². The molecule has 1 amide bonds. The van der Waals surface area contributed by atoms with Gasteiger partial charge in [0.15, 0.2) is 0 Å². The van der Waals surface area contributed by atoms with E-state index in [1.54, 1.807) is 41.8 Å². The van der Waals surface area contributed by atoms with Crippen LogP contribution in [0.3, 0.4) is 0 Å². The van der Waals surface area contributed by atoms with Crippen LogP contribution in [-0.4, -0.2) is 26.4 Å². The summed E-state index contributed by atoms with van der Waals surface area (Å²) in [7, 11) is -3.56. The highest BCUT2D eigenvalue weighted by molar-refractivity contribution is 7.94. The Bertz CT molecular complexity index is 783. The Labute approximate surface area is 158 Å². The third-order valence-corrected chi connectivity index (χ3v) is 5.85. The van der Waals surface area contributed by atoms with E-state index in [-0.39, 0.29) is 28.9 Å². The minimum absolute atomic E-state index is 0. The van der Waals surface area contributed by atoms with Gasteiger partial charge in [0.1, 0.15) is 4.21 Å². The fourth-order valence-corrected chi connectivity index (χ4v) is 3.94. The molecule has 0 aliphatic carbocycles. The fourth-order valence-electron chi connectivity index (χ4n) is 1.89. The van der Waals surface area contributed by atoms with Gasteiger partial charge in [0.05, 0.1) is 6.42 Å². The normalized spacial score (nSPS) is 11.5. The third-order valence-electron chi connectivity index (χ3n) is 3.07. The van der Waals surface area contributed by atoms with Crippen LogP contribution in [0, 0.1) is 0 Å². The lowest BCUT2D eigenvalue weighted by atomic mass is 10.1. The van der Waals surface area contributed by atoms with Crippen LogP contribution in [0.25, 0.3) is 0 Å². The molecule has 0 bridgehead atoms. The summed E-state index contributed by atoms with van der Waals surface area (Å²) in [6, 6.07) is 9.95. The van der Waals surface area contributed by atoms with Crippen LogP contribution in [0.1, 0.15) is 19.4 Å². The van der Waals surface area contributed by atoms with Crippen molar-refractivity contribution in [3.63, 3.8) is 0 Å². The van der Waals surface area contributed by atoms with E-state index < -0.39 is 15.6 Å². The van der Waals surface area contributed by atoms with Gasteiger partial charge in [0.25, 0.3) is 10.0 Å². The van der Waals surface area contributed by atoms with Crippen molar-refractivity contribution >= 4 is 45.4 Å². The second-order valence-electron chi connectivity index (χ2n) is 6.18. The third kappa shape index (κ3) is 7.03. The minimum Gasteiger partial charge on any atom is -0.354 e. The maximum Gasteiger partial charge on any atom is 0.271 e. The Morgan fingerprint density at radius 2 is 1.84 bits per heavy atom. The lowest BCUT2D eigenvalue weighted by Crippen LogP contribution is -2.45. The average Bonchev–Trinajstić information content (AvgIpc) is 3.01. The molecule has 2 rings (SSSR count). The summed E-state index contributed by atoms with van der Waals surface area (Å²) in [5.74, 6) is -0.125. The first-order valence-corrected chi connectivity index (χ1v) is 9.73. The molecule has 1 aromatic carbocycles. The molecule has 0 aliphatic rings. The monoisotopic (exact) mass is 403 g/mol. The molecule has 0 spiro atoms. The van der Waals surface area contributed by atoms with Crippen LogP contribution in [0.15, 0.2) is 46.0 Å². The number of thiophene rings is 1. The average molecular weight is 404 g/mol. The summed E-state index contributed by atoms with van der Waals surface area (Å²) >= 11 is 1.15. The van der Waals surface area contributed by atoms with Crippen molar-refractivity contribution in [2.75, 3.05) is 11.3 Å². The van der Waals surface area contributed by atoms with Crippen molar-refractivity contribution in [3.8, 4) is 0 Å². The first kappa shape index (κ1) is 21.4. The van der Waals surface area contributed by atoms with Crippen LogP contribution < -0.4 is 15.8 Å². The number of amides is 1.